The lowest BCUT2D eigenvalue weighted by atomic mass is 10.1. The quantitative estimate of drug-likeness (QED) is 0.798. The lowest BCUT2D eigenvalue weighted by Gasteiger charge is -2.33. The summed E-state index contributed by atoms with van der Waals surface area (Å²) in [7, 11) is 1.56. The molecule has 6 nitrogen and oxygen atoms in total. The molecule has 1 unspecified atom stereocenters. The molecular weight excluding hydrogens is 290 g/mol. The van der Waals surface area contributed by atoms with Gasteiger partial charge in [0.1, 0.15) is 9.88 Å². The lowest BCUT2D eigenvalue weighted by molar-refractivity contribution is 0.0697. The number of nitrogens with one attached hydrogen (secondary N) is 1. The van der Waals surface area contributed by atoms with Gasteiger partial charge in [-0.15, -0.1) is 11.3 Å². The minimum absolute atomic E-state index is 0.214. The molecule has 0 amide bonds. The normalized spacial score (nSPS) is 17.8. The van der Waals surface area contributed by atoms with Crippen molar-refractivity contribution in [3.63, 3.8) is 0 Å². The van der Waals surface area contributed by atoms with Gasteiger partial charge in [-0.3, -0.25) is 4.90 Å². The van der Waals surface area contributed by atoms with Crippen LogP contribution >= 0.6 is 11.3 Å². The molecule has 1 aromatic rings. The molecule has 0 aliphatic carbocycles. The number of hydrogen-bond donors (Lipinski definition) is 2. The van der Waals surface area contributed by atoms with E-state index in [1.165, 1.54) is 11.3 Å². The van der Waals surface area contributed by atoms with Crippen molar-refractivity contribution in [2.75, 3.05) is 33.3 Å². The van der Waals surface area contributed by atoms with Gasteiger partial charge in [-0.05, 0) is 6.42 Å². The van der Waals surface area contributed by atoms with Crippen molar-refractivity contribution in [2.45, 2.75) is 32.4 Å². The molecule has 0 spiro atoms. The zero-order valence-corrected chi connectivity index (χ0v) is 13.4. The minimum Gasteiger partial charge on any atom is -0.477 e. The van der Waals surface area contributed by atoms with Gasteiger partial charge in [-0.2, -0.15) is 0 Å². The molecule has 0 aromatic carbocycles. The van der Waals surface area contributed by atoms with E-state index in [9.17, 15) is 9.90 Å². The number of hydrogen-bond acceptors (Lipinski definition) is 6. The van der Waals surface area contributed by atoms with Crippen LogP contribution in [-0.4, -0.2) is 54.2 Å². The van der Waals surface area contributed by atoms with Gasteiger partial charge in [0.05, 0.1) is 18.3 Å². The van der Waals surface area contributed by atoms with Crippen LogP contribution in [0.1, 0.15) is 46.2 Å². The number of carbonyl (C=O) groups is 1. The van der Waals surface area contributed by atoms with Crippen LogP contribution in [0.4, 0.5) is 0 Å². The van der Waals surface area contributed by atoms with E-state index in [4.69, 9.17) is 4.74 Å². The zero-order valence-electron chi connectivity index (χ0n) is 12.6. The van der Waals surface area contributed by atoms with Crippen LogP contribution in [-0.2, 0) is 11.3 Å². The summed E-state index contributed by atoms with van der Waals surface area (Å²) in [6.45, 7) is 6.30. The number of aromatic carboxylic acids is 1. The fraction of sp³-hybridized carbons (Fsp3) is 0.714. The predicted octanol–water partition coefficient (Wildman–Crippen LogP) is 1.73. The van der Waals surface area contributed by atoms with Crippen LogP contribution in [0, 0.1) is 0 Å². The fourth-order valence-corrected chi connectivity index (χ4v) is 3.72. The molecule has 0 saturated carbocycles. The Morgan fingerprint density at radius 3 is 2.81 bits per heavy atom. The zero-order chi connectivity index (χ0) is 15.2. The van der Waals surface area contributed by atoms with E-state index < -0.39 is 5.97 Å². The standard InChI is InChI=1S/C14H23N3O3S/c1-3-4-11(17-7-5-15-6-8-17)13-16-10(9-20-2)12(21-13)14(18)19/h11,15H,3-9H2,1-2H3,(H,18,19). The Labute approximate surface area is 129 Å². The van der Waals surface area contributed by atoms with Gasteiger partial charge < -0.3 is 15.2 Å². The molecule has 2 heterocycles. The molecule has 1 atom stereocenters. The van der Waals surface area contributed by atoms with E-state index in [0.29, 0.717) is 10.6 Å². The van der Waals surface area contributed by atoms with Crippen molar-refractivity contribution in [2.24, 2.45) is 0 Å². The molecule has 0 radical (unpaired) electrons. The second-order valence-electron chi connectivity index (χ2n) is 5.16. The number of carboxylic acid groups (broad SMARTS) is 1. The van der Waals surface area contributed by atoms with E-state index in [-0.39, 0.29) is 12.6 Å². The maximum absolute atomic E-state index is 11.4. The maximum atomic E-state index is 11.4. The highest BCUT2D eigenvalue weighted by Gasteiger charge is 2.27. The number of nitrogens with zero attached hydrogens (tertiary/aromatic N) is 2. The summed E-state index contributed by atoms with van der Waals surface area (Å²) >= 11 is 1.30. The first-order valence-electron chi connectivity index (χ1n) is 7.34. The molecule has 1 aromatic heterocycles. The van der Waals surface area contributed by atoms with Gasteiger partial charge in [0.2, 0.25) is 0 Å². The van der Waals surface area contributed by atoms with Crippen LogP contribution < -0.4 is 5.32 Å². The molecule has 118 valence electrons. The third-order valence-electron chi connectivity index (χ3n) is 3.63. The van der Waals surface area contributed by atoms with E-state index in [1.807, 2.05) is 0 Å². The van der Waals surface area contributed by atoms with Crippen LogP contribution in [0.2, 0.25) is 0 Å². The fourth-order valence-electron chi connectivity index (χ4n) is 2.64. The number of piperazine rings is 1. The number of methoxy groups -OCH3 is 1. The first-order valence-corrected chi connectivity index (χ1v) is 8.15. The average Bonchev–Trinajstić information content (AvgIpc) is 2.90. The maximum Gasteiger partial charge on any atom is 0.347 e. The molecule has 0 bridgehead atoms. The summed E-state index contributed by atoms with van der Waals surface area (Å²) in [6, 6.07) is 0.214. The summed E-state index contributed by atoms with van der Waals surface area (Å²) in [6.07, 6.45) is 2.05. The van der Waals surface area contributed by atoms with Gasteiger partial charge in [0.15, 0.2) is 0 Å². The van der Waals surface area contributed by atoms with Gasteiger partial charge in [-0.25, -0.2) is 9.78 Å². The SMILES string of the molecule is CCCC(c1nc(COC)c(C(=O)O)s1)N1CCNCC1. The number of carboxylic acids is 1. The second kappa shape index (κ2) is 7.84. The topological polar surface area (TPSA) is 74.7 Å². The monoisotopic (exact) mass is 313 g/mol. The molecule has 1 fully saturated rings. The first-order chi connectivity index (χ1) is 10.2. The van der Waals surface area contributed by atoms with Crippen LogP contribution in [0.5, 0.6) is 0 Å². The summed E-state index contributed by atoms with van der Waals surface area (Å²) in [4.78, 5) is 18.6. The Morgan fingerprint density at radius 1 is 1.52 bits per heavy atom. The predicted molar refractivity (Wildman–Crippen MR) is 81.9 cm³/mol. The van der Waals surface area contributed by atoms with Gasteiger partial charge in [-0.1, -0.05) is 13.3 Å². The van der Waals surface area contributed by atoms with Crippen LogP contribution in [0.25, 0.3) is 0 Å². The highest BCUT2D eigenvalue weighted by molar-refractivity contribution is 7.13. The second-order valence-corrected chi connectivity index (χ2v) is 6.19. The Bertz CT molecular complexity index is 472. The summed E-state index contributed by atoms with van der Waals surface area (Å²) in [5, 5.41) is 13.6. The van der Waals surface area contributed by atoms with Crippen molar-refractivity contribution >= 4 is 17.3 Å². The Kier molecular flexibility index (Phi) is 6.10. The third kappa shape index (κ3) is 4.00. The Balaban J connectivity index is 2.26. The van der Waals surface area contributed by atoms with Crippen molar-refractivity contribution in [3.05, 3.63) is 15.6 Å². The van der Waals surface area contributed by atoms with Crippen LogP contribution in [0.3, 0.4) is 0 Å². The molecule has 1 aliphatic rings. The molecule has 1 saturated heterocycles. The number of aromatic nitrogens is 1. The average molecular weight is 313 g/mol. The highest BCUT2D eigenvalue weighted by atomic mass is 32.1. The summed E-state index contributed by atoms with van der Waals surface area (Å²) in [5.74, 6) is -0.915. The van der Waals surface area contributed by atoms with Gasteiger partial charge in [0.25, 0.3) is 0 Å². The summed E-state index contributed by atoms with van der Waals surface area (Å²) in [5.41, 5.74) is 0.543. The van der Waals surface area contributed by atoms with Gasteiger partial charge >= 0.3 is 5.97 Å². The molecule has 2 N–H and O–H groups in total. The minimum atomic E-state index is -0.915. The molecule has 1 aliphatic heterocycles. The number of ether oxygens (including phenoxy) is 1. The third-order valence-corrected chi connectivity index (χ3v) is 4.82. The van der Waals surface area contributed by atoms with Crippen molar-refractivity contribution in [1.82, 2.24) is 15.2 Å². The van der Waals surface area contributed by atoms with E-state index in [1.54, 1.807) is 7.11 Å². The van der Waals surface area contributed by atoms with E-state index >= 15 is 0 Å². The lowest BCUT2D eigenvalue weighted by Crippen LogP contribution is -2.45. The van der Waals surface area contributed by atoms with Crippen LogP contribution in [0.15, 0.2) is 0 Å². The van der Waals surface area contributed by atoms with E-state index in [2.05, 4.69) is 22.1 Å². The van der Waals surface area contributed by atoms with Crippen molar-refractivity contribution in [3.8, 4) is 0 Å². The molecule has 7 heteroatoms. The largest absolute Gasteiger partial charge is 0.477 e. The molecule has 2 rings (SSSR count). The van der Waals surface area contributed by atoms with Crippen molar-refractivity contribution in [1.29, 1.82) is 0 Å². The highest BCUT2D eigenvalue weighted by Crippen LogP contribution is 2.31. The smallest absolute Gasteiger partial charge is 0.347 e. The van der Waals surface area contributed by atoms with E-state index in [0.717, 1.165) is 44.0 Å². The summed E-state index contributed by atoms with van der Waals surface area (Å²) < 4.78 is 5.07. The van der Waals surface area contributed by atoms with Gasteiger partial charge in [0, 0.05) is 33.3 Å². The Hall–Kier alpha value is -1.02. The molecule has 21 heavy (non-hydrogen) atoms. The number of rotatable bonds is 7. The Morgan fingerprint density at radius 2 is 2.24 bits per heavy atom. The van der Waals surface area contributed by atoms with Crippen molar-refractivity contribution < 1.29 is 14.6 Å². The number of thiazole rings is 1. The molecular formula is C14H23N3O3S. The first kappa shape index (κ1) is 16.4.